The minimum atomic E-state index is 0.229. The summed E-state index contributed by atoms with van der Waals surface area (Å²) in [6, 6.07) is 7.65. The van der Waals surface area contributed by atoms with Crippen molar-refractivity contribution >= 4 is 17.6 Å². The van der Waals surface area contributed by atoms with Crippen molar-refractivity contribution in [1.82, 2.24) is 24.8 Å². The molecule has 2 heterocycles. The molecule has 0 radical (unpaired) electrons. The van der Waals surface area contributed by atoms with Gasteiger partial charge in [0.2, 0.25) is 11.9 Å². The number of nitrogens with two attached hydrogens (primary N) is 1. The third kappa shape index (κ3) is 5.01. The average Bonchev–Trinajstić information content (AvgIpc) is 2.58. The first-order valence-corrected chi connectivity index (χ1v) is 8.53. The molecule has 1 aliphatic heterocycles. The van der Waals surface area contributed by atoms with Crippen molar-refractivity contribution in [2.75, 3.05) is 50.9 Å². The van der Waals surface area contributed by atoms with Crippen molar-refractivity contribution < 1.29 is 4.74 Å². The van der Waals surface area contributed by atoms with Gasteiger partial charge in [-0.3, -0.25) is 4.90 Å². The van der Waals surface area contributed by atoms with Gasteiger partial charge in [-0.2, -0.15) is 15.0 Å². The van der Waals surface area contributed by atoms with Crippen molar-refractivity contribution in [3.05, 3.63) is 30.1 Å². The van der Waals surface area contributed by atoms with E-state index in [4.69, 9.17) is 10.5 Å². The van der Waals surface area contributed by atoms with Crippen molar-refractivity contribution in [3.8, 4) is 5.75 Å². The van der Waals surface area contributed by atoms with E-state index in [9.17, 15) is 0 Å². The SMILES string of the molecule is CCOc1ccc(Nc2nc(N)nc(CN3CCN(C)CC3)n2)cc1. The zero-order chi connectivity index (χ0) is 17.6. The van der Waals surface area contributed by atoms with E-state index in [1.54, 1.807) is 0 Å². The number of likely N-dealkylation sites (N-methyl/N-ethyl adjacent to an activating group) is 1. The van der Waals surface area contributed by atoms with Gasteiger partial charge >= 0.3 is 0 Å². The Morgan fingerprint density at radius 3 is 2.48 bits per heavy atom. The highest BCUT2D eigenvalue weighted by molar-refractivity contribution is 5.55. The minimum absolute atomic E-state index is 0.229. The summed E-state index contributed by atoms with van der Waals surface area (Å²) in [6.07, 6.45) is 0. The molecule has 1 fully saturated rings. The van der Waals surface area contributed by atoms with Crippen LogP contribution in [-0.4, -0.2) is 64.6 Å². The Bertz CT molecular complexity index is 684. The zero-order valence-corrected chi connectivity index (χ0v) is 14.8. The molecule has 3 N–H and O–H groups in total. The Labute approximate surface area is 148 Å². The number of aromatic nitrogens is 3. The third-order valence-electron chi connectivity index (χ3n) is 4.08. The van der Waals surface area contributed by atoms with Crippen LogP contribution in [-0.2, 0) is 6.54 Å². The minimum Gasteiger partial charge on any atom is -0.494 e. The van der Waals surface area contributed by atoms with Crippen molar-refractivity contribution in [3.63, 3.8) is 0 Å². The van der Waals surface area contributed by atoms with Crippen LogP contribution in [0.4, 0.5) is 17.6 Å². The summed E-state index contributed by atoms with van der Waals surface area (Å²) in [5.74, 6) is 2.21. The molecule has 0 spiro atoms. The normalized spacial score (nSPS) is 15.9. The second-order valence-corrected chi connectivity index (χ2v) is 6.10. The summed E-state index contributed by atoms with van der Waals surface area (Å²) in [5.41, 5.74) is 6.73. The zero-order valence-electron chi connectivity index (χ0n) is 14.8. The van der Waals surface area contributed by atoms with E-state index < -0.39 is 0 Å². The van der Waals surface area contributed by atoms with Crippen LogP contribution in [0.5, 0.6) is 5.75 Å². The number of benzene rings is 1. The average molecular weight is 343 g/mol. The summed E-state index contributed by atoms with van der Waals surface area (Å²) >= 11 is 0. The summed E-state index contributed by atoms with van der Waals surface area (Å²) in [7, 11) is 2.14. The monoisotopic (exact) mass is 343 g/mol. The van der Waals surface area contributed by atoms with E-state index in [0.29, 0.717) is 24.9 Å². The lowest BCUT2D eigenvalue weighted by Crippen LogP contribution is -2.44. The van der Waals surface area contributed by atoms with Crippen LogP contribution < -0.4 is 15.8 Å². The highest BCUT2D eigenvalue weighted by Crippen LogP contribution is 2.18. The molecule has 0 atom stereocenters. The van der Waals surface area contributed by atoms with Gasteiger partial charge in [-0.1, -0.05) is 0 Å². The number of ether oxygens (including phenoxy) is 1. The van der Waals surface area contributed by atoms with Crippen LogP contribution in [0, 0.1) is 0 Å². The van der Waals surface area contributed by atoms with Gasteiger partial charge < -0.3 is 20.7 Å². The molecule has 25 heavy (non-hydrogen) atoms. The van der Waals surface area contributed by atoms with Crippen LogP contribution >= 0.6 is 0 Å². The lowest BCUT2D eigenvalue weighted by atomic mass is 10.3. The fourth-order valence-electron chi connectivity index (χ4n) is 2.70. The Hall–Kier alpha value is -2.45. The first-order chi connectivity index (χ1) is 12.1. The standard InChI is InChI=1S/C17H25N7O/c1-3-25-14-6-4-13(5-7-14)19-17-21-15(20-16(18)22-17)12-24-10-8-23(2)9-11-24/h4-7H,3,8-12H2,1-2H3,(H3,18,19,20,21,22). The van der Waals surface area contributed by atoms with E-state index in [1.807, 2.05) is 31.2 Å². The summed E-state index contributed by atoms with van der Waals surface area (Å²) < 4.78 is 5.44. The maximum absolute atomic E-state index is 5.85. The van der Waals surface area contributed by atoms with Crippen LogP contribution in [0.3, 0.4) is 0 Å². The molecule has 0 unspecified atom stereocenters. The van der Waals surface area contributed by atoms with E-state index >= 15 is 0 Å². The number of rotatable bonds is 6. The van der Waals surface area contributed by atoms with Crippen molar-refractivity contribution in [2.24, 2.45) is 0 Å². The van der Waals surface area contributed by atoms with Crippen LogP contribution in [0.25, 0.3) is 0 Å². The maximum Gasteiger partial charge on any atom is 0.232 e. The van der Waals surface area contributed by atoms with Gasteiger partial charge in [0.25, 0.3) is 0 Å². The number of hydrogen-bond acceptors (Lipinski definition) is 8. The number of nitrogens with one attached hydrogen (secondary N) is 1. The Kier molecular flexibility index (Phi) is 5.62. The first-order valence-electron chi connectivity index (χ1n) is 8.53. The van der Waals surface area contributed by atoms with Crippen molar-refractivity contribution in [1.29, 1.82) is 0 Å². The van der Waals surface area contributed by atoms with Crippen LogP contribution in [0.1, 0.15) is 12.7 Å². The Balaban J connectivity index is 1.66. The number of piperazine rings is 1. The molecule has 134 valence electrons. The molecule has 8 heteroatoms. The summed E-state index contributed by atoms with van der Waals surface area (Å²) in [4.78, 5) is 17.6. The van der Waals surface area contributed by atoms with Gasteiger partial charge in [-0.15, -0.1) is 0 Å². The summed E-state index contributed by atoms with van der Waals surface area (Å²) in [6.45, 7) is 7.40. The number of nitrogen functional groups attached to an aromatic ring is 1. The Morgan fingerprint density at radius 1 is 1.08 bits per heavy atom. The second kappa shape index (κ2) is 8.09. The van der Waals surface area contributed by atoms with Crippen LogP contribution in [0.15, 0.2) is 24.3 Å². The fraction of sp³-hybridized carbons (Fsp3) is 0.471. The number of hydrogen-bond donors (Lipinski definition) is 2. The van der Waals surface area contributed by atoms with Gasteiger partial charge in [-0.05, 0) is 38.2 Å². The maximum atomic E-state index is 5.85. The molecule has 0 amide bonds. The number of anilines is 3. The van der Waals surface area contributed by atoms with E-state index in [-0.39, 0.29) is 5.95 Å². The highest BCUT2D eigenvalue weighted by Gasteiger charge is 2.16. The molecular formula is C17H25N7O. The topological polar surface area (TPSA) is 92.4 Å². The summed E-state index contributed by atoms with van der Waals surface area (Å²) in [5, 5.41) is 3.17. The third-order valence-corrected chi connectivity index (χ3v) is 4.08. The van der Waals surface area contributed by atoms with Gasteiger partial charge in [0, 0.05) is 31.9 Å². The molecule has 0 aliphatic carbocycles. The highest BCUT2D eigenvalue weighted by atomic mass is 16.5. The Morgan fingerprint density at radius 2 is 1.80 bits per heavy atom. The molecule has 1 aromatic carbocycles. The lowest BCUT2D eigenvalue weighted by Gasteiger charge is -2.31. The molecule has 1 aromatic heterocycles. The van der Waals surface area contributed by atoms with E-state index in [0.717, 1.165) is 37.6 Å². The first kappa shape index (κ1) is 17.4. The molecule has 3 rings (SSSR count). The number of nitrogens with zero attached hydrogens (tertiary/aromatic N) is 5. The predicted octanol–water partition coefficient (Wildman–Crippen LogP) is 1.34. The second-order valence-electron chi connectivity index (χ2n) is 6.10. The molecule has 1 aliphatic rings. The van der Waals surface area contributed by atoms with Crippen molar-refractivity contribution in [2.45, 2.75) is 13.5 Å². The van der Waals surface area contributed by atoms with E-state index in [2.05, 4.69) is 37.1 Å². The van der Waals surface area contributed by atoms with Gasteiger partial charge in [0.1, 0.15) is 11.6 Å². The van der Waals surface area contributed by atoms with Gasteiger partial charge in [0.15, 0.2) is 0 Å². The van der Waals surface area contributed by atoms with E-state index in [1.165, 1.54) is 0 Å². The quantitative estimate of drug-likeness (QED) is 0.812. The molecule has 0 bridgehead atoms. The molecule has 8 nitrogen and oxygen atoms in total. The predicted molar refractivity (Wildman–Crippen MR) is 97.9 cm³/mol. The van der Waals surface area contributed by atoms with Gasteiger partial charge in [0.05, 0.1) is 13.2 Å². The van der Waals surface area contributed by atoms with Gasteiger partial charge in [-0.25, -0.2) is 0 Å². The van der Waals surface area contributed by atoms with Crippen LogP contribution in [0.2, 0.25) is 0 Å². The molecule has 0 saturated carbocycles. The molecule has 1 saturated heterocycles. The largest absolute Gasteiger partial charge is 0.494 e. The molecule has 2 aromatic rings. The molecular weight excluding hydrogens is 318 g/mol. The smallest absolute Gasteiger partial charge is 0.232 e. The lowest BCUT2D eigenvalue weighted by molar-refractivity contribution is 0.145. The fourth-order valence-corrected chi connectivity index (χ4v) is 2.70.